The lowest BCUT2D eigenvalue weighted by Crippen LogP contribution is -2.61. The Hall–Kier alpha value is -6.25. The summed E-state index contributed by atoms with van der Waals surface area (Å²) in [6, 6.07) is -12.2. The van der Waals surface area contributed by atoms with Crippen molar-refractivity contribution < 1.29 is 57.8 Å². The number of hydrogen-bond donors (Lipinski definition) is 13. The number of rotatable bonds is 35. The molecule has 26 nitrogen and oxygen atoms in total. The van der Waals surface area contributed by atoms with Gasteiger partial charge >= 0.3 is 5.97 Å². The first-order valence-corrected chi connectivity index (χ1v) is 28.3. The summed E-state index contributed by atoms with van der Waals surface area (Å²) in [6.45, 7) is 19.1. The molecule has 78 heavy (non-hydrogen) atoms. The van der Waals surface area contributed by atoms with E-state index >= 15 is 0 Å². The molecule has 0 aromatic heterocycles. The highest BCUT2D eigenvalue weighted by Gasteiger charge is 2.41. The van der Waals surface area contributed by atoms with Gasteiger partial charge in [0.05, 0.1) is 12.5 Å². The molecule has 0 unspecified atom stereocenters. The number of amides is 10. The zero-order valence-corrected chi connectivity index (χ0v) is 48.5. The van der Waals surface area contributed by atoms with Crippen molar-refractivity contribution in [2.24, 2.45) is 57.5 Å². The van der Waals surface area contributed by atoms with Gasteiger partial charge in [-0.15, -0.1) is 0 Å². The fourth-order valence-corrected chi connectivity index (χ4v) is 8.85. The number of hydrogen-bond acceptors (Lipinski definition) is 14. The number of carbonyl (C=O) groups is 11. The lowest BCUT2D eigenvalue weighted by Gasteiger charge is -2.32. The van der Waals surface area contributed by atoms with Crippen molar-refractivity contribution in [3.8, 4) is 0 Å². The number of likely N-dealkylation sites (tertiary alicyclic amines) is 1. The first kappa shape index (κ1) is 69.8. The fraction of sp³-hybridized carbons (Fsp3) is 0.765. The van der Waals surface area contributed by atoms with Gasteiger partial charge < -0.3 is 75.5 Å². The second kappa shape index (κ2) is 34.6. The Morgan fingerprint density at radius 1 is 0.615 bits per heavy atom. The van der Waals surface area contributed by atoms with Crippen LogP contribution in [0.5, 0.6) is 0 Å². The van der Waals surface area contributed by atoms with Crippen LogP contribution in [0.3, 0.4) is 0 Å². The maximum Gasteiger partial charge on any atom is 0.326 e. The average Bonchev–Trinajstić information content (AvgIpc) is 3.85. The van der Waals surface area contributed by atoms with Crippen LogP contribution in [-0.4, -0.2) is 167 Å². The van der Waals surface area contributed by atoms with Crippen molar-refractivity contribution in [2.75, 3.05) is 25.1 Å². The van der Waals surface area contributed by atoms with Crippen LogP contribution in [0.25, 0.3) is 0 Å². The van der Waals surface area contributed by atoms with Crippen LogP contribution in [0.2, 0.25) is 0 Å². The standard InChI is InChI=1S/C51H92N14O12S/c1-13-29(10)38(53)48(74)62-33(22-25(2)3)44(70)57-30(11)41(67)58-31(16-14-19-56-51(54)55)42(68)61-35(24-37(52)66)45(71)60-34(23-26(4)5)46(72)63-39(27(6)7)49(75)65-20-15-17-36(65)47(73)59-32(18-21-78-12)43(69)64-40(28(8)9)50(76)77/h25-36,38-40H,13-24,53H2,1-12H3,(H2,52,66)(H,57,70)(H,58,67)(H,59,73)(H,60,71)(H,61,68)(H,62,74)(H,63,72)(H,64,69)(H,76,77)(H4,54,55,56)/t29-,30-,31-,32-,33-,34-,35-,36-,38-,39-,40-/m0/s1. The third kappa shape index (κ3) is 24.2. The molecule has 1 rings (SSSR count). The molecule has 17 N–H and O–H groups in total. The Morgan fingerprint density at radius 2 is 1.09 bits per heavy atom. The number of carboxylic acid groups (broad SMARTS) is 1. The van der Waals surface area contributed by atoms with E-state index < -0.39 is 144 Å². The number of carbonyl (C=O) groups excluding carboxylic acids is 10. The Bertz CT molecular complexity index is 2090. The predicted octanol–water partition coefficient (Wildman–Crippen LogP) is -1.58. The van der Waals surface area contributed by atoms with Gasteiger partial charge in [0.2, 0.25) is 59.1 Å². The molecule has 0 radical (unpaired) electrons. The van der Waals surface area contributed by atoms with Gasteiger partial charge in [0, 0.05) is 13.1 Å². The van der Waals surface area contributed by atoms with Crippen LogP contribution < -0.4 is 65.5 Å². The number of aliphatic carboxylic acids is 1. The van der Waals surface area contributed by atoms with Crippen molar-refractivity contribution in [3.05, 3.63) is 0 Å². The minimum absolute atomic E-state index is 0.0149. The van der Waals surface area contributed by atoms with Crippen LogP contribution in [-0.2, 0) is 52.7 Å². The average molecular weight is 1130 g/mol. The van der Waals surface area contributed by atoms with Gasteiger partial charge in [-0.1, -0.05) is 75.7 Å². The second-order valence-corrected chi connectivity index (χ2v) is 22.6. The minimum atomic E-state index is -1.69. The maximum absolute atomic E-state index is 14.4. The number of nitrogens with zero attached hydrogens (tertiary/aromatic N) is 2. The molecule has 0 spiro atoms. The third-order valence-corrected chi connectivity index (χ3v) is 13.8. The number of thioether (sulfide) groups is 1. The van der Waals surface area contributed by atoms with E-state index in [4.69, 9.17) is 22.9 Å². The van der Waals surface area contributed by atoms with Gasteiger partial charge in [0.15, 0.2) is 5.96 Å². The molecule has 0 saturated carbocycles. The summed E-state index contributed by atoms with van der Waals surface area (Å²) in [6.07, 6.45) is 2.77. The number of primary amides is 1. The maximum atomic E-state index is 14.4. The quantitative estimate of drug-likeness (QED) is 0.0194. The van der Waals surface area contributed by atoms with Gasteiger partial charge in [-0.25, -0.2) is 4.79 Å². The molecule has 1 heterocycles. The molecule has 11 atom stereocenters. The zero-order chi connectivity index (χ0) is 59.7. The molecule has 0 aliphatic carbocycles. The monoisotopic (exact) mass is 1120 g/mol. The molecule has 27 heteroatoms. The van der Waals surface area contributed by atoms with E-state index in [0.717, 1.165) is 0 Å². The molecule has 1 aliphatic rings. The van der Waals surface area contributed by atoms with E-state index in [9.17, 15) is 57.8 Å². The SMILES string of the molecule is CC[C@H](C)[C@H](N)C(=O)N[C@@H](CC(C)C)C(=O)N[C@@H](C)C(=O)N[C@@H](CCCN=C(N)N)C(=O)N[C@@H](CC(N)=O)C(=O)N[C@@H](CC(C)C)C(=O)N[C@H](C(=O)N1CCC[C@H]1C(=O)N[C@@H](CCSC)C(=O)N[C@H](C(=O)O)C(C)C)C(C)C. The van der Waals surface area contributed by atoms with Crippen LogP contribution in [0.4, 0.5) is 0 Å². The van der Waals surface area contributed by atoms with Crippen LogP contribution in [0.15, 0.2) is 4.99 Å². The van der Waals surface area contributed by atoms with E-state index in [1.807, 2.05) is 34.0 Å². The summed E-state index contributed by atoms with van der Waals surface area (Å²) in [5.41, 5.74) is 22.6. The van der Waals surface area contributed by atoms with E-state index in [1.54, 1.807) is 41.5 Å². The van der Waals surface area contributed by atoms with Gasteiger partial charge in [0.25, 0.3) is 0 Å². The summed E-state index contributed by atoms with van der Waals surface area (Å²) in [5, 5.41) is 30.5. The Morgan fingerprint density at radius 3 is 1.59 bits per heavy atom. The lowest BCUT2D eigenvalue weighted by molar-refractivity contribution is -0.144. The third-order valence-electron chi connectivity index (χ3n) is 13.2. The first-order valence-electron chi connectivity index (χ1n) is 26.9. The van der Waals surface area contributed by atoms with Crippen molar-refractivity contribution in [3.63, 3.8) is 0 Å². The van der Waals surface area contributed by atoms with Gasteiger partial charge in [0.1, 0.15) is 54.4 Å². The molecule has 1 fully saturated rings. The number of guanidine groups is 1. The second-order valence-electron chi connectivity index (χ2n) is 21.6. The number of aliphatic imine (C=N–C) groups is 1. The summed E-state index contributed by atoms with van der Waals surface area (Å²) in [5.74, 6) is -10.2. The van der Waals surface area contributed by atoms with Crippen LogP contribution >= 0.6 is 11.8 Å². The highest BCUT2D eigenvalue weighted by atomic mass is 32.2. The lowest BCUT2D eigenvalue weighted by atomic mass is 9.97. The van der Waals surface area contributed by atoms with Crippen LogP contribution in [0, 0.1) is 29.6 Å². The number of carboxylic acids is 1. The van der Waals surface area contributed by atoms with E-state index in [0.29, 0.717) is 18.6 Å². The Labute approximate surface area is 463 Å². The highest BCUT2D eigenvalue weighted by molar-refractivity contribution is 7.98. The molecule has 1 aliphatic heterocycles. The van der Waals surface area contributed by atoms with E-state index in [1.165, 1.54) is 23.6 Å². The zero-order valence-electron chi connectivity index (χ0n) is 47.7. The van der Waals surface area contributed by atoms with Crippen molar-refractivity contribution >= 4 is 82.8 Å². The minimum Gasteiger partial charge on any atom is -0.480 e. The summed E-state index contributed by atoms with van der Waals surface area (Å²) < 4.78 is 0. The number of nitrogens with two attached hydrogens (primary N) is 4. The summed E-state index contributed by atoms with van der Waals surface area (Å²) >= 11 is 1.42. The van der Waals surface area contributed by atoms with Crippen molar-refractivity contribution in [1.29, 1.82) is 0 Å². The molecular weight excluding hydrogens is 1030 g/mol. The van der Waals surface area contributed by atoms with Crippen molar-refractivity contribution in [1.82, 2.24) is 47.4 Å². The Kier molecular flexibility index (Phi) is 30.9. The van der Waals surface area contributed by atoms with Gasteiger partial charge in [-0.3, -0.25) is 52.9 Å². The van der Waals surface area contributed by atoms with Crippen molar-refractivity contribution in [2.45, 2.75) is 194 Å². The molecule has 444 valence electrons. The topological polar surface area (TPSA) is 424 Å². The normalized spacial score (nSPS) is 17.2. The molecule has 10 amide bonds. The van der Waals surface area contributed by atoms with E-state index in [-0.39, 0.29) is 75.3 Å². The van der Waals surface area contributed by atoms with Crippen LogP contribution in [0.1, 0.15) is 134 Å². The molecule has 1 saturated heterocycles. The van der Waals surface area contributed by atoms with Gasteiger partial charge in [-0.05, 0) is 93.5 Å². The smallest absolute Gasteiger partial charge is 0.326 e. The predicted molar refractivity (Wildman–Crippen MR) is 296 cm³/mol. The molecule has 0 aromatic carbocycles. The van der Waals surface area contributed by atoms with Gasteiger partial charge in [-0.2, -0.15) is 11.8 Å². The fourth-order valence-electron chi connectivity index (χ4n) is 8.38. The molecule has 0 bridgehead atoms. The highest BCUT2D eigenvalue weighted by Crippen LogP contribution is 2.22. The Balaban J connectivity index is 3.43. The summed E-state index contributed by atoms with van der Waals surface area (Å²) in [7, 11) is 0. The molecule has 0 aromatic rings. The molecular formula is C51H92N14O12S. The van der Waals surface area contributed by atoms with E-state index in [2.05, 4.69) is 47.5 Å². The largest absolute Gasteiger partial charge is 0.480 e. The summed E-state index contributed by atoms with van der Waals surface area (Å²) in [4.78, 5) is 154. The first-order chi connectivity index (χ1) is 36.4. The number of nitrogens with one attached hydrogen (secondary N) is 8.